The lowest BCUT2D eigenvalue weighted by Crippen LogP contribution is -2.22. The van der Waals surface area contributed by atoms with Crippen LogP contribution in [0.2, 0.25) is 0 Å². The van der Waals surface area contributed by atoms with E-state index in [1.165, 1.54) is 19.3 Å². The second kappa shape index (κ2) is 9.61. The molecule has 1 fully saturated rings. The van der Waals surface area contributed by atoms with Crippen molar-refractivity contribution in [3.8, 4) is 23.3 Å². The van der Waals surface area contributed by atoms with Crippen LogP contribution in [0.4, 0.5) is 5.69 Å². The van der Waals surface area contributed by atoms with Gasteiger partial charge in [-0.2, -0.15) is 5.26 Å². The highest BCUT2D eigenvalue weighted by Gasteiger charge is 2.17. The lowest BCUT2D eigenvalue weighted by atomic mass is 9.95. The Kier molecular flexibility index (Phi) is 6.94. The molecule has 28 heavy (non-hydrogen) atoms. The number of rotatable bonds is 7. The van der Waals surface area contributed by atoms with Crippen molar-refractivity contribution in [1.29, 1.82) is 5.26 Å². The predicted molar refractivity (Wildman–Crippen MR) is 112 cm³/mol. The van der Waals surface area contributed by atoms with Crippen molar-refractivity contribution in [3.05, 3.63) is 35.9 Å². The lowest BCUT2D eigenvalue weighted by molar-refractivity contribution is 0.323. The number of nitriles is 1. The fourth-order valence-corrected chi connectivity index (χ4v) is 4.44. The number of nitrogens with one attached hydrogen (secondary N) is 1. The monoisotopic (exact) mass is 398 g/mol. The zero-order valence-corrected chi connectivity index (χ0v) is 17.4. The average Bonchev–Trinajstić information content (AvgIpc) is 2.74. The average molecular weight is 399 g/mol. The molecule has 0 unspecified atom stereocenters. The van der Waals surface area contributed by atoms with E-state index < -0.39 is 0 Å². The minimum Gasteiger partial charge on any atom is -0.493 e. The van der Waals surface area contributed by atoms with Gasteiger partial charge in [-0.25, -0.2) is 0 Å². The van der Waals surface area contributed by atoms with Gasteiger partial charge in [0.05, 0.1) is 32.6 Å². The largest absolute Gasteiger partial charge is 0.493 e. The third kappa shape index (κ3) is 4.66. The third-order valence-corrected chi connectivity index (χ3v) is 5.91. The molecule has 0 atom stereocenters. The van der Waals surface area contributed by atoms with Crippen LogP contribution in [0, 0.1) is 11.3 Å². The molecule has 1 N–H and O–H groups in total. The molecule has 2 aromatic carbocycles. The van der Waals surface area contributed by atoms with Crippen LogP contribution in [0.25, 0.3) is 0 Å². The number of hydrogen-bond acceptors (Lipinski definition) is 6. The minimum absolute atomic E-state index is 0.447. The van der Waals surface area contributed by atoms with E-state index in [-0.39, 0.29) is 0 Å². The standard InChI is InChI=1S/C22H26N2O3S/c1-25-20-12-18(13-21(26-2)22(20)27-3)28-17-10-9-15(14-23)19(11-17)24-16-7-5-4-6-8-16/h9-13,16,24H,4-8H2,1-3H3. The maximum atomic E-state index is 9.48. The molecule has 0 spiro atoms. The summed E-state index contributed by atoms with van der Waals surface area (Å²) < 4.78 is 16.3. The molecule has 0 amide bonds. The van der Waals surface area contributed by atoms with Gasteiger partial charge in [0.15, 0.2) is 11.5 Å². The first-order chi connectivity index (χ1) is 13.7. The Balaban J connectivity index is 1.86. The number of methoxy groups -OCH3 is 3. The fraction of sp³-hybridized carbons (Fsp3) is 0.409. The number of ether oxygens (including phenoxy) is 3. The molecule has 0 bridgehead atoms. The van der Waals surface area contributed by atoms with Crippen LogP contribution in [0.15, 0.2) is 40.1 Å². The smallest absolute Gasteiger partial charge is 0.203 e. The molecule has 0 heterocycles. The van der Waals surface area contributed by atoms with Gasteiger partial charge in [-0.3, -0.25) is 0 Å². The van der Waals surface area contributed by atoms with Gasteiger partial charge in [0.25, 0.3) is 0 Å². The molecule has 0 radical (unpaired) electrons. The zero-order valence-electron chi connectivity index (χ0n) is 16.6. The van der Waals surface area contributed by atoms with E-state index in [2.05, 4.69) is 17.5 Å². The molecule has 1 aliphatic carbocycles. The van der Waals surface area contributed by atoms with Crippen molar-refractivity contribution in [1.82, 2.24) is 0 Å². The van der Waals surface area contributed by atoms with Crippen molar-refractivity contribution < 1.29 is 14.2 Å². The Morgan fingerprint density at radius 1 is 0.929 bits per heavy atom. The van der Waals surface area contributed by atoms with E-state index in [1.54, 1.807) is 33.1 Å². The van der Waals surface area contributed by atoms with Crippen LogP contribution in [0.5, 0.6) is 17.2 Å². The molecule has 5 nitrogen and oxygen atoms in total. The molecule has 1 aliphatic rings. The maximum absolute atomic E-state index is 9.48. The summed E-state index contributed by atoms with van der Waals surface area (Å²) >= 11 is 1.60. The number of hydrogen-bond donors (Lipinski definition) is 1. The molecular weight excluding hydrogens is 372 g/mol. The van der Waals surface area contributed by atoms with Gasteiger partial charge in [0, 0.05) is 15.8 Å². The van der Waals surface area contributed by atoms with Gasteiger partial charge < -0.3 is 19.5 Å². The zero-order chi connectivity index (χ0) is 19.9. The lowest BCUT2D eigenvalue weighted by Gasteiger charge is -2.24. The molecule has 0 aromatic heterocycles. The second-order valence-corrected chi connectivity index (χ2v) is 7.91. The minimum atomic E-state index is 0.447. The van der Waals surface area contributed by atoms with Crippen LogP contribution >= 0.6 is 11.8 Å². The number of benzene rings is 2. The van der Waals surface area contributed by atoms with E-state index in [0.717, 1.165) is 28.3 Å². The molecule has 2 aromatic rings. The summed E-state index contributed by atoms with van der Waals surface area (Å²) in [5.41, 5.74) is 1.59. The van der Waals surface area contributed by atoms with Crippen LogP contribution in [0.1, 0.15) is 37.7 Å². The Morgan fingerprint density at radius 3 is 2.18 bits per heavy atom. The van der Waals surface area contributed by atoms with Crippen molar-refractivity contribution in [2.45, 2.75) is 47.9 Å². The van der Waals surface area contributed by atoms with Crippen molar-refractivity contribution in [2.75, 3.05) is 26.6 Å². The molecule has 0 saturated heterocycles. The first-order valence-electron chi connectivity index (χ1n) is 9.47. The quantitative estimate of drug-likeness (QED) is 0.666. The van der Waals surface area contributed by atoms with Crippen molar-refractivity contribution >= 4 is 17.4 Å². The van der Waals surface area contributed by atoms with Crippen molar-refractivity contribution in [2.24, 2.45) is 0 Å². The molecule has 6 heteroatoms. The van der Waals surface area contributed by atoms with Crippen LogP contribution < -0.4 is 19.5 Å². The van der Waals surface area contributed by atoms with E-state index >= 15 is 0 Å². The van der Waals surface area contributed by atoms with Gasteiger partial charge in [-0.05, 0) is 43.2 Å². The topological polar surface area (TPSA) is 63.5 Å². The van der Waals surface area contributed by atoms with Gasteiger partial charge >= 0.3 is 0 Å². The normalized spacial score (nSPS) is 14.2. The Labute approximate surface area is 171 Å². The van der Waals surface area contributed by atoms with Gasteiger partial charge in [0.1, 0.15) is 6.07 Å². The van der Waals surface area contributed by atoms with Crippen molar-refractivity contribution in [3.63, 3.8) is 0 Å². The summed E-state index contributed by atoms with van der Waals surface area (Å²) in [5.74, 6) is 1.82. The summed E-state index contributed by atoms with van der Waals surface area (Å²) in [6, 6.07) is 12.5. The number of anilines is 1. The third-order valence-electron chi connectivity index (χ3n) is 4.95. The van der Waals surface area contributed by atoms with Gasteiger partial charge in [-0.15, -0.1) is 0 Å². The van der Waals surface area contributed by atoms with Gasteiger partial charge in [0.2, 0.25) is 5.75 Å². The SMILES string of the molecule is COc1cc(Sc2ccc(C#N)c(NC3CCCCC3)c2)cc(OC)c1OC. The number of nitrogens with zero attached hydrogens (tertiary/aromatic N) is 1. The van der Waals surface area contributed by atoms with Crippen LogP contribution in [-0.2, 0) is 0 Å². The fourth-order valence-electron chi connectivity index (χ4n) is 3.52. The predicted octanol–water partition coefficient (Wildman–Crippen LogP) is 5.48. The molecule has 1 saturated carbocycles. The summed E-state index contributed by atoms with van der Waals surface area (Å²) in [4.78, 5) is 2.02. The molecule has 3 rings (SSSR count). The summed E-state index contributed by atoms with van der Waals surface area (Å²) in [6.07, 6.45) is 6.13. The van der Waals surface area contributed by atoms with E-state index in [4.69, 9.17) is 14.2 Å². The van der Waals surface area contributed by atoms with E-state index in [1.807, 2.05) is 24.3 Å². The molecule has 0 aliphatic heterocycles. The Hall–Kier alpha value is -2.52. The summed E-state index contributed by atoms with van der Waals surface area (Å²) in [6.45, 7) is 0. The first kappa shape index (κ1) is 20.2. The Morgan fingerprint density at radius 2 is 1.61 bits per heavy atom. The van der Waals surface area contributed by atoms with Crippen LogP contribution in [-0.4, -0.2) is 27.4 Å². The summed E-state index contributed by atoms with van der Waals surface area (Å²) in [7, 11) is 4.82. The molecule has 148 valence electrons. The van der Waals surface area contributed by atoms with Crippen LogP contribution in [0.3, 0.4) is 0 Å². The highest BCUT2D eigenvalue weighted by molar-refractivity contribution is 7.99. The second-order valence-electron chi connectivity index (χ2n) is 6.76. The molecular formula is C22H26N2O3S. The maximum Gasteiger partial charge on any atom is 0.203 e. The van der Waals surface area contributed by atoms with E-state index in [0.29, 0.717) is 28.9 Å². The highest BCUT2D eigenvalue weighted by atomic mass is 32.2. The Bertz CT molecular complexity index is 832. The summed E-state index contributed by atoms with van der Waals surface area (Å²) in [5, 5.41) is 13.1. The van der Waals surface area contributed by atoms with E-state index in [9.17, 15) is 5.26 Å². The van der Waals surface area contributed by atoms with Gasteiger partial charge in [-0.1, -0.05) is 31.0 Å². The highest BCUT2D eigenvalue weighted by Crippen LogP contribution is 2.43. The first-order valence-corrected chi connectivity index (χ1v) is 10.3.